The lowest BCUT2D eigenvalue weighted by atomic mass is 10.2. The van der Waals surface area contributed by atoms with E-state index in [1.807, 2.05) is 0 Å². The number of sulfonamides is 1. The summed E-state index contributed by atoms with van der Waals surface area (Å²) in [6.45, 7) is 7.74. The molecule has 0 saturated carbocycles. The maximum Gasteiger partial charge on any atom is 0.276 e. The summed E-state index contributed by atoms with van der Waals surface area (Å²) in [6.07, 6.45) is 0.880. The summed E-state index contributed by atoms with van der Waals surface area (Å²) in [5, 5.41) is 3.00. The molecule has 21 heavy (non-hydrogen) atoms. The Hall–Kier alpha value is -0.890. The molecule has 1 aromatic heterocycles. The fraction of sp³-hybridized carbons (Fsp3) is 0.714. The SMILES string of the molecule is CCN(CC)C1CCN(S(=O)(=O)c2ccc(CNC)o2)C1. The first-order valence-corrected chi connectivity index (χ1v) is 8.94. The summed E-state index contributed by atoms with van der Waals surface area (Å²) in [7, 11) is -1.71. The number of hydrogen-bond acceptors (Lipinski definition) is 5. The molecule has 0 spiro atoms. The summed E-state index contributed by atoms with van der Waals surface area (Å²) < 4.78 is 32.2. The van der Waals surface area contributed by atoms with Gasteiger partial charge in [-0.25, -0.2) is 8.42 Å². The smallest absolute Gasteiger partial charge is 0.276 e. The van der Waals surface area contributed by atoms with Gasteiger partial charge in [0, 0.05) is 19.1 Å². The van der Waals surface area contributed by atoms with Crippen molar-refractivity contribution in [2.24, 2.45) is 0 Å². The molecule has 7 heteroatoms. The summed E-state index contributed by atoms with van der Waals surface area (Å²) in [5.41, 5.74) is 0. The third-order valence-corrected chi connectivity index (χ3v) is 5.78. The quantitative estimate of drug-likeness (QED) is 0.816. The normalized spacial score (nSPS) is 20.5. The average molecular weight is 315 g/mol. The predicted molar refractivity (Wildman–Crippen MR) is 81.6 cm³/mol. The summed E-state index contributed by atoms with van der Waals surface area (Å²) in [6, 6.07) is 3.56. The van der Waals surface area contributed by atoms with Crippen LogP contribution in [0.2, 0.25) is 0 Å². The molecule has 1 N–H and O–H groups in total. The van der Waals surface area contributed by atoms with Gasteiger partial charge in [-0.05, 0) is 38.7 Å². The lowest BCUT2D eigenvalue weighted by molar-refractivity contribution is 0.224. The van der Waals surface area contributed by atoms with E-state index in [1.54, 1.807) is 19.2 Å². The molecule has 0 aromatic carbocycles. The minimum atomic E-state index is -3.51. The van der Waals surface area contributed by atoms with Crippen molar-refractivity contribution in [3.8, 4) is 0 Å². The highest BCUT2D eigenvalue weighted by Crippen LogP contribution is 2.25. The van der Waals surface area contributed by atoms with Crippen molar-refractivity contribution in [2.75, 3.05) is 33.2 Å². The Morgan fingerprint density at radius 1 is 1.38 bits per heavy atom. The van der Waals surface area contributed by atoms with Crippen LogP contribution in [0.3, 0.4) is 0 Å². The van der Waals surface area contributed by atoms with Crippen molar-refractivity contribution in [3.05, 3.63) is 17.9 Å². The highest BCUT2D eigenvalue weighted by atomic mass is 32.2. The molecule has 2 heterocycles. The van der Waals surface area contributed by atoms with E-state index in [2.05, 4.69) is 24.1 Å². The second kappa shape index (κ2) is 6.91. The van der Waals surface area contributed by atoms with Crippen molar-refractivity contribution >= 4 is 10.0 Å². The topological polar surface area (TPSA) is 65.8 Å². The van der Waals surface area contributed by atoms with Gasteiger partial charge in [-0.15, -0.1) is 0 Å². The Balaban J connectivity index is 2.10. The minimum absolute atomic E-state index is 0.0490. The molecule has 0 radical (unpaired) electrons. The first-order valence-electron chi connectivity index (χ1n) is 7.50. The van der Waals surface area contributed by atoms with E-state index in [0.717, 1.165) is 19.5 Å². The van der Waals surface area contributed by atoms with E-state index in [-0.39, 0.29) is 5.09 Å². The van der Waals surface area contributed by atoms with Gasteiger partial charge >= 0.3 is 0 Å². The molecule has 0 bridgehead atoms. The standard InChI is InChI=1S/C14H25N3O3S/c1-4-16(5-2)12-8-9-17(11-12)21(18,19)14-7-6-13(20-14)10-15-3/h6-7,12,15H,4-5,8-11H2,1-3H3. The summed E-state index contributed by atoms with van der Waals surface area (Å²) in [5.74, 6) is 0.635. The van der Waals surface area contributed by atoms with Crippen LogP contribution in [0, 0.1) is 0 Å². The Kier molecular flexibility index (Phi) is 5.43. The predicted octanol–water partition coefficient (Wildman–Crippen LogP) is 1.10. The number of rotatable bonds is 7. The van der Waals surface area contributed by atoms with Gasteiger partial charge < -0.3 is 9.73 Å². The van der Waals surface area contributed by atoms with Crippen LogP contribution in [-0.2, 0) is 16.6 Å². The van der Waals surface area contributed by atoms with Crippen LogP contribution >= 0.6 is 0 Å². The molecule has 1 aliphatic rings. The highest BCUT2D eigenvalue weighted by molar-refractivity contribution is 7.89. The molecule has 0 amide bonds. The molecule has 2 rings (SSSR count). The molecule has 6 nitrogen and oxygen atoms in total. The molecule has 1 aliphatic heterocycles. The van der Waals surface area contributed by atoms with Crippen molar-refractivity contribution in [1.29, 1.82) is 0 Å². The number of hydrogen-bond donors (Lipinski definition) is 1. The van der Waals surface area contributed by atoms with Crippen molar-refractivity contribution in [3.63, 3.8) is 0 Å². The second-order valence-electron chi connectivity index (χ2n) is 5.28. The Labute approximate surface area is 127 Å². The number of nitrogens with one attached hydrogen (secondary N) is 1. The van der Waals surface area contributed by atoms with Gasteiger partial charge in [0.25, 0.3) is 10.0 Å². The first-order chi connectivity index (χ1) is 10.0. The molecular weight excluding hydrogens is 290 g/mol. The minimum Gasteiger partial charge on any atom is -0.447 e. The van der Waals surface area contributed by atoms with Gasteiger partial charge in [-0.1, -0.05) is 13.8 Å². The van der Waals surface area contributed by atoms with Crippen molar-refractivity contribution in [1.82, 2.24) is 14.5 Å². The maximum absolute atomic E-state index is 12.6. The van der Waals surface area contributed by atoms with Gasteiger partial charge in [-0.3, -0.25) is 4.90 Å². The van der Waals surface area contributed by atoms with Gasteiger partial charge in [0.1, 0.15) is 5.76 Å². The molecule has 1 unspecified atom stereocenters. The van der Waals surface area contributed by atoms with Crippen LogP contribution in [0.15, 0.2) is 21.6 Å². The molecule has 1 atom stereocenters. The third-order valence-electron chi connectivity index (χ3n) is 4.04. The lowest BCUT2D eigenvalue weighted by Gasteiger charge is -2.25. The maximum atomic E-state index is 12.6. The van der Waals surface area contributed by atoms with Crippen molar-refractivity contribution in [2.45, 2.75) is 37.9 Å². The van der Waals surface area contributed by atoms with E-state index in [0.29, 0.717) is 31.4 Å². The lowest BCUT2D eigenvalue weighted by Crippen LogP contribution is -2.38. The monoisotopic (exact) mass is 315 g/mol. The Morgan fingerprint density at radius 3 is 2.71 bits per heavy atom. The van der Waals surface area contributed by atoms with Gasteiger partial charge in [-0.2, -0.15) is 4.31 Å². The van der Waals surface area contributed by atoms with Gasteiger partial charge in [0.2, 0.25) is 5.09 Å². The number of nitrogens with zero attached hydrogens (tertiary/aromatic N) is 2. The molecule has 1 fully saturated rings. The van der Waals surface area contributed by atoms with Crippen molar-refractivity contribution < 1.29 is 12.8 Å². The summed E-state index contributed by atoms with van der Waals surface area (Å²) >= 11 is 0. The van der Waals surface area contributed by atoms with Crippen LogP contribution in [-0.4, -0.2) is 56.9 Å². The van der Waals surface area contributed by atoms with E-state index in [9.17, 15) is 8.42 Å². The van der Waals surface area contributed by atoms with Crippen LogP contribution < -0.4 is 5.32 Å². The first kappa shape index (κ1) is 16.5. The third kappa shape index (κ3) is 3.48. The van der Waals surface area contributed by atoms with Crippen LogP contribution in [0.25, 0.3) is 0 Å². The molecule has 120 valence electrons. The largest absolute Gasteiger partial charge is 0.447 e. The zero-order valence-corrected chi connectivity index (χ0v) is 13.8. The van der Waals surface area contributed by atoms with Crippen LogP contribution in [0.4, 0.5) is 0 Å². The number of likely N-dealkylation sites (N-methyl/N-ethyl adjacent to an activating group) is 1. The zero-order chi connectivity index (χ0) is 15.5. The van der Waals surface area contributed by atoms with E-state index in [4.69, 9.17) is 4.42 Å². The Morgan fingerprint density at radius 2 is 2.10 bits per heavy atom. The second-order valence-corrected chi connectivity index (χ2v) is 7.15. The fourth-order valence-corrected chi connectivity index (χ4v) is 4.28. The van der Waals surface area contributed by atoms with Crippen LogP contribution in [0.5, 0.6) is 0 Å². The van der Waals surface area contributed by atoms with Crippen LogP contribution in [0.1, 0.15) is 26.0 Å². The summed E-state index contributed by atoms with van der Waals surface area (Å²) in [4.78, 5) is 2.31. The van der Waals surface area contributed by atoms with E-state index < -0.39 is 10.0 Å². The molecule has 1 aromatic rings. The average Bonchev–Trinajstić information content (AvgIpc) is 3.10. The van der Waals surface area contributed by atoms with E-state index >= 15 is 0 Å². The fourth-order valence-electron chi connectivity index (χ4n) is 2.86. The zero-order valence-electron chi connectivity index (χ0n) is 13.0. The molecule has 1 saturated heterocycles. The number of furan rings is 1. The van der Waals surface area contributed by atoms with E-state index in [1.165, 1.54) is 4.31 Å². The highest BCUT2D eigenvalue weighted by Gasteiger charge is 2.36. The van der Waals surface area contributed by atoms with Gasteiger partial charge in [0.15, 0.2) is 0 Å². The Bertz CT molecular complexity index is 552. The molecule has 0 aliphatic carbocycles. The van der Waals surface area contributed by atoms with Gasteiger partial charge in [0.05, 0.1) is 6.54 Å². The molecular formula is C14H25N3O3S.